The first kappa shape index (κ1) is 48.9. The first-order valence-electron chi connectivity index (χ1n) is 22.6. The molecule has 3 N–H and O–H groups in total. The fraction of sp³-hybridized carbons (Fsp3) is 0.471. The number of fused-ring (bicyclic) bond motifs is 2. The van der Waals surface area contributed by atoms with Gasteiger partial charge in [-0.05, 0) is 91.5 Å². The van der Waals surface area contributed by atoms with Gasteiger partial charge in [0.05, 0.1) is 57.3 Å². The number of carbonyl (C=O) groups excluding carboxylic acids is 2. The predicted octanol–water partition coefficient (Wildman–Crippen LogP) is 8.16. The molecule has 1 aliphatic heterocycles. The Morgan fingerprint density at radius 2 is 1.69 bits per heavy atom. The van der Waals surface area contributed by atoms with Gasteiger partial charge in [-0.3, -0.25) is 9.69 Å². The Kier molecular flexibility index (Phi) is 18.6. The summed E-state index contributed by atoms with van der Waals surface area (Å²) >= 11 is 0. The molecule has 0 radical (unpaired) electrons. The number of allylic oxidation sites excluding steroid dienone is 1. The number of methoxy groups -OCH3 is 1. The molecule has 3 aromatic rings. The van der Waals surface area contributed by atoms with Crippen LogP contribution in [0.4, 0.5) is 4.79 Å². The summed E-state index contributed by atoms with van der Waals surface area (Å²) in [4.78, 5) is 34.2. The molecule has 65 heavy (non-hydrogen) atoms. The van der Waals surface area contributed by atoms with Crippen LogP contribution in [-0.4, -0.2) is 110 Å². The lowest BCUT2D eigenvalue weighted by Crippen LogP contribution is -2.70. The molecule has 0 saturated heterocycles. The van der Waals surface area contributed by atoms with Gasteiger partial charge >= 0.3 is 6.09 Å². The van der Waals surface area contributed by atoms with Crippen LogP contribution in [0.5, 0.6) is 23.0 Å². The number of ether oxygens (including phenoxy) is 6. The number of aliphatic hydroxyl groups is 3. The number of carbonyl (C=O) groups is 2. The second-order valence-corrected chi connectivity index (χ2v) is 16.4. The number of oxime groups is 1. The quantitative estimate of drug-likeness (QED) is 0.0290. The molecule has 3 aromatic carbocycles. The minimum atomic E-state index is -1.53. The Morgan fingerprint density at radius 3 is 2.42 bits per heavy atom. The fourth-order valence-corrected chi connectivity index (χ4v) is 9.49. The second kappa shape index (κ2) is 24.7. The molecule has 3 aliphatic rings. The molecule has 0 unspecified atom stereocenters. The standard InChI is InChI=1S/C51H64N2O12/c1-4-6-27-61-50(58)53(22-28-60-29-25-56)47-33-44(52-63-35-36-14-8-7-9-15-36)42-31-37(16-10-12-23-54)41(17-11-13-24-55)48-43-32-40(64-39-18-20-45(59-3)38(30-39)34-57)19-21-46(43)65-51(47,49(42)48)62-26-5-2/h4-5,7-9,14-15,18-21,30-32,34,37,41,47-49,54-56H,1-2,6,10-13,16-17,22-29,33,35H2,3H3/t37-,41+,47-,48+,49+,51+/m0/s1. The summed E-state index contributed by atoms with van der Waals surface area (Å²) in [7, 11) is 1.50. The minimum absolute atomic E-state index is 0.00332. The van der Waals surface area contributed by atoms with Crippen LogP contribution >= 0.6 is 0 Å². The average Bonchev–Trinajstić information content (AvgIpc) is 3.32. The van der Waals surface area contributed by atoms with Gasteiger partial charge in [-0.15, -0.1) is 13.2 Å². The SMILES string of the molecule is C=CCCOC(=O)N(CCOCCO)[C@H]1CC(=NOCc2ccccc2)C2=C[C@H](CCCCO)[C@@H](CCCCO)[C@@H]3c4cc(Oc5ccc(OC)c(C=O)c5)ccc4O[C@@]1(OCC=C)[C@H]23. The molecule has 1 saturated carbocycles. The van der Waals surface area contributed by atoms with E-state index in [0.29, 0.717) is 53.5 Å². The zero-order valence-electron chi connectivity index (χ0n) is 37.4. The van der Waals surface area contributed by atoms with E-state index in [1.807, 2.05) is 42.5 Å². The van der Waals surface area contributed by atoms with E-state index in [9.17, 15) is 24.9 Å². The van der Waals surface area contributed by atoms with Gasteiger partial charge in [-0.25, -0.2) is 4.79 Å². The molecule has 14 heteroatoms. The molecular formula is C51H64N2O12. The van der Waals surface area contributed by atoms with E-state index in [-0.39, 0.29) is 83.6 Å². The lowest BCUT2D eigenvalue weighted by atomic mass is 9.55. The van der Waals surface area contributed by atoms with Crippen LogP contribution in [0.15, 0.2) is 109 Å². The van der Waals surface area contributed by atoms with Gasteiger partial charge in [-0.2, -0.15) is 0 Å². The fourth-order valence-electron chi connectivity index (χ4n) is 9.49. The average molecular weight is 897 g/mol. The van der Waals surface area contributed by atoms with E-state index >= 15 is 0 Å². The maximum Gasteiger partial charge on any atom is 0.410 e. The van der Waals surface area contributed by atoms with Gasteiger partial charge in [0, 0.05) is 37.7 Å². The van der Waals surface area contributed by atoms with Crippen LogP contribution in [-0.2, 0) is 25.7 Å². The Bertz CT molecular complexity index is 2090. The van der Waals surface area contributed by atoms with Crippen molar-refractivity contribution in [2.75, 3.05) is 59.9 Å². The Labute approximate surface area is 382 Å². The molecule has 6 rings (SSSR count). The van der Waals surface area contributed by atoms with E-state index in [1.54, 1.807) is 41.3 Å². The molecule has 0 bridgehead atoms. The topological polar surface area (TPSA) is 175 Å². The van der Waals surface area contributed by atoms with Gasteiger partial charge in [0.25, 0.3) is 0 Å². The van der Waals surface area contributed by atoms with Crippen molar-refractivity contribution < 1.29 is 58.2 Å². The van der Waals surface area contributed by atoms with Crippen molar-refractivity contribution in [3.8, 4) is 23.0 Å². The van der Waals surface area contributed by atoms with Crippen molar-refractivity contribution in [2.24, 2.45) is 22.9 Å². The molecule has 6 atom stereocenters. The summed E-state index contributed by atoms with van der Waals surface area (Å²) in [6.45, 7) is 8.35. The zero-order chi connectivity index (χ0) is 46.0. The highest BCUT2D eigenvalue weighted by molar-refractivity contribution is 6.03. The molecule has 14 nitrogen and oxygen atoms in total. The van der Waals surface area contributed by atoms with Crippen molar-refractivity contribution in [1.29, 1.82) is 0 Å². The summed E-state index contributed by atoms with van der Waals surface area (Å²) in [5, 5.41) is 34.4. The minimum Gasteiger partial charge on any atom is -0.496 e. The number of aliphatic hydroxyl groups excluding tert-OH is 3. The second-order valence-electron chi connectivity index (χ2n) is 16.4. The number of amides is 1. The zero-order valence-corrected chi connectivity index (χ0v) is 37.4. The molecule has 0 aromatic heterocycles. The molecule has 0 spiro atoms. The summed E-state index contributed by atoms with van der Waals surface area (Å²) in [5.74, 6) is -0.553. The highest BCUT2D eigenvalue weighted by Crippen LogP contribution is 2.62. The van der Waals surface area contributed by atoms with Crippen LogP contribution in [0.25, 0.3) is 0 Å². The van der Waals surface area contributed by atoms with Crippen molar-refractivity contribution in [2.45, 2.75) is 75.7 Å². The van der Waals surface area contributed by atoms with Gasteiger partial charge in [0.1, 0.15) is 35.6 Å². The number of nitrogens with zero attached hydrogens (tertiary/aromatic N) is 2. The largest absolute Gasteiger partial charge is 0.496 e. The monoisotopic (exact) mass is 896 g/mol. The van der Waals surface area contributed by atoms with Gasteiger partial charge in [0.15, 0.2) is 6.29 Å². The van der Waals surface area contributed by atoms with Crippen LogP contribution in [0.3, 0.4) is 0 Å². The summed E-state index contributed by atoms with van der Waals surface area (Å²) in [6, 6.07) is 19.6. The van der Waals surface area contributed by atoms with E-state index in [2.05, 4.69) is 19.2 Å². The van der Waals surface area contributed by atoms with E-state index in [4.69, 9.17) is 38.4 Å². The van der Waals surface area contributed by atoms with Gasteiger partial charge in [0.2, 0.25) is 5.79 Å². The summed E-state index contributed by atoms with van der Waals surface area (Å²) < 4.78 is 37.9. The van der Waals surface area contributed by atoms with Crippen LogP contribution < -0.4 is 14.2 Å². The lowest BCUT2D eigenvalue weighted by Gasteiger charge is -2.59. The third kappa shape index (κ3) is 11.9. The molecule has 2 aliphatic carbocycles. The highest BCUT2D eigenvalue weighted by atomic mass is 16.7. The van der Waals surface area contributed by atoms with Crippen molar-refractivity contribution >= 4 is 18.1 Å². The van der Waals surface area contributed by atoms with Crippen molar-refractivity contribution in [3.63, 3.8) is 0 Å². The van der Waals surface area contributed by atoms with Crippen molar-refractivity contribution in [1.82, 2.24) is 4.90 Å². The van der Waals surface area contributed by atoms with E-state index < -0.39 is 23.8 Å². The summed E-state index contributed by atoms with van der Waals surface area (Å²) in [5.41, 5.74) is 3.63. The number of hydrogen-bond donors (Lipinski definition) is 3. The normalized spacial score (nSPS) is 22.4. The Morgan fingerprint density at radius 1 is 0.923 bits per heavy atom. The number of unbranched alkanes of at least 4 members (excludes halogenated alkanes) is 2. The van der Waals surface area contributed by atoms with Crippen LogP contribution in [0.2, 0.25) is 0 Å². The predicted molar refractivity (Wildman–Crippen MR) is 245 cm³/mol. The summed E-state index contributed by atoms with van der Waals surface area (Å²) in [6.07, 6.45) is 10.6. The number of aldehydes is 1. The lowest BCUT2D eigenvalue weighted by molar-refractivity contribution is -0.256. The third-order valence-electron chi connectivity index (χ3n) is 12.3. The Hall–Kier alpha value is -5.51. The Balaban J connectivity index is 1.58. The molecular weight excluding hydrogens is 833 g/mol. The molecule has 1 amide bonds. The number of hydrogen-bond acceptors (Lipinski definition) is 13. The molecule has 350 valence electrons. The van der Waals surface area contributed by atoms with E-state index in [1.165, 1.54) is 7.11 Å². The van der Waals surface area contributed by atoms with Crippen LogP contribution in [0.1, 0.15) is 78.8 Å². The highest BCUT2D eigenvalue weighted by Gasteiger charge is 2.65. The maximum atomic E-state index is 14.5. The van der Waals surface area contributed by atoms with Gasteiger partial charge < -0.3 is 48.6 Å². The van der Waals surface area contributed by atoms with Gasteiger partial charge in [-0.1, -0.05) is 66.6 Å². The third-order valence-corrected chi connectivity index (χ3v) is 12.3. The smallest absolute Gasteiger partial charge is 0.410 e. The first-order chi connectivity index (χ1) is 31.9. The van der Waals surface area contributed by atoms with Crippen molar-refractivity contribution in [3.05, 3.63) is 120 Å². The molecule has 1 heterocycles. The first-order valence-corrected chi connectivity index (χ1v) is 22.6. The number of rotatable bonds is 27. The van der Waals surface area contributed by atoms with E-state index in [0.717, 1.165) is 48.7 Å². The number of benzene rings is 3. The van der Waals surface area contributed by atoms with Crippen LogP contribution in [0, 0.1) is 17.8 Å². The maximum absolute atomic E-state index is 14.5. The molecule has 1 fully saturated rings.